The van der Waals surface area contributed by atoms with Crippen LogP contribution in [0.1, 0.15) is 13.3 Å². The molecule has 0 aliphatic carbocycles. The number of nitrogen functional groups attached to an aromatic ring is 1. The van der Waals surface area contributed by atoms with Gasteiger partial charge < -0.3 is 15.8 Å². The highest BCUT2D eigenvalue weighted by Crippen LogP contribution is 2.26. The lowest BCUT2D eigenvalue weighted by molar-refractivity contribution is 0.191. The lowest BCUT2D eigenvalue weighted by Gasteiger charge is -2.14. The number of ether oxygens (including phenoxy) is 1. The zero-order valence-electron chi connectivity index (χ0n) is 9.93. The van der Waals surface area contributed by atoms with Crippen LogP contribution in [-0.4, -0.2) is 29.7 Å². The SMILES string of the molecule is COCCC(C)Nc1nc(N)nc2sccc12. The molecule has 6 heteroatoms. The predicted octanol–water partition coefficient (Wildman–Crippen LogP) is 2.11. The zero-order valence-corrected chi connectivity index (χ0v) is 10.8. The minimum Gasteiger partial charge on any atom is -0.385 e. The van der Waals surface area contributed by atoms with Gasteiger partial charge in [-0.1, -0.05) is 0 Å². The summed E-state index contributed by atoms with van der Waals surface area (Å²) >= 11 is 1.56. The van der Waals surface area contributed by atoms with Crippen LogP contribution in [0.25, 0.3) is 10.2 Å². The maximum absolute atomic E-state index is 5.68. The molecule has 2 aromatic heterocycles. The van der Waals surface area contributed by atoms with Crippen LogP contribution in [0.3, 0.4) is 0 Å². The van der Waals surface area contributed by atoms with E-state index < -0.39 is 0 Å². The fraction of sp³-hybridized carbons (Fsp3) is 0.455. The number of rotatable bonds is 5. The third kappa shape index (κ3) is 2.83. The third-order valence-corrected chi connectivity index (χ3v) is 3.29. The average Bonchev–Trinajstić information content (AvgIpc) is 2.74. The quantitative estimate of drug-likeness (QED) is 0.852. The fourth-order valence-corrected chi connectivity index (χ4v) is 2.35. The molecule has 1 unspecified atom stereocenters. The van der Waals surface area contributed by atoms with E-state index in [4.69, 9.17) is 10.5 Å². The Hall–Kier alpha value is -1.40. The minimum absolute atomic E-state index is 0.285. The van der Waals surface area contributed by atoms with Gasteiger partial charge in [-0.05, 0) is 24.8 Å². The number of methoxy groups -OCH3 is 1. The topological polar surface area (TPSA) is 73.1 Å². The molecule has 3 N–H and O–H groups in total. The van der Waals surface area contributed by atoms with Crippen LogP contribution in [0.15, 0.2) is 11.4 Å². The van der Waals surface area contributed by atoms with E-state index in [1.54, 1.807) is 18.4 Å². The second-order valence-electron chi connectivity index (χ2n) is 3.90. The van der Waals surface area contributed by atoms with E-state index in [0.29, 0.717) is 5.95 Å². The molecular formula is C11H16N4OS. The maximum Gasteiger partial charge on any atom is 0.223 e. The molecule has 0 spiro atoms. The van der Waals surface area contributed by atoms with E-state index in [0.717, 1.165) is 29.1 Å². The van der Waals surface area contributed by atoms with Crippen LogP contribution < -0.4 is 11.1 Å². The van der Waals surface area contributed by atoms with Gasteiger partial charge in [0.1, 0.15) is 10.6 Å². The zero-order chi connectivity index (χ0) is 12.3. The summed E-state index contributed by atoms with van der Waals surface area (Å²) in [7, 11) is 1.70. The van der Waals surface area contributed by atoms with Gasteiger partial charge in [-0.15, -0.1) is 11.3 Å². The molecule has 0 saturated heterocycles. The van der Waals surface area contributed by atoms with Crippen LogP contribution in [0, 0.1) is 0 Å². The molecule has 0 radical (unpaired) electrons. The summed E-state index contributed by atoms with van der Waals surface area (Å²) in [5.41, 5.74) is 5.68. The van der Waals surface area contributed by atoms with Crippen molar-refractivity contribution < 1.29 is 4.74 Å². The number of nitrogens with two attached hydrogens (primary N) is 1. The van der Waals surface area contributed by atoms with Crippen molar-refractivity contribution in [3.8, 4) is 0 Å². The van der Waals surface area contributed by atoms with Crippen LogP contribution in [0.2, 0.25) is 0 Å². The van der Waals surface area contributed by atoms with E-state index in [-0.39, 0.29) is 6.04 Å². The number of aromatic nitrogens is 2. The Morgan fingerprint density at radius 1 is 1.53 bits per heavy atom. The molecule has 0 aromatic carbocycles. The van der Waals surface area contributed by atoms with E-state index in [1.807, 2.05) is 11.4 Å². The van der Waals surface area contributed by atoms with E-state index in [2.05, 4.69) is 22.2 Å². The first kappa shape index (κ1) is 12.1. The van der Waals surface area contributed by atoms with Crippen LogP contribution in [0.4, 0.5) is 11.8 Å². The summed E-state index contributed by atoms with van der Waals surface area (Å²) in [6.07, 6.45) is 0.923. The van der Waals surface area contributed by atoms with Crippen LogP contribution in [-0.2, 0) is 4.74 Å². The van der Waals surface area contributed by atoms with Gasteiger partial charge in [0.15, 0.2) is 0 Å². The Morgan fingerprint density at radius 2 is 2.35 bits per heavy atom. The van der Waals surface area contributed by atoms with Crippen molar-refractivity contribution >= 4 is 33.3 Å². The number of hydrogen-bond acceptors (Lipinski definition) is 6. The number of anilines is 2. The van der Waals surface area contributed by atoms with Crippen molar-refractivity contribution in [1.82, 2.24) is 9.97 Å². The van der Waals surface area contributed by atoms with Crippen molar-refractivity contribution in [2.24, 2.45) is 0 Å². The lowest BCUT2D eigenvalue weighted by Crippen LogP contribution is -2.18. The maximum atomic E-state index is 5.68. The van der Waals surface area contributed by atoms with Gasteiger partial charge in [-0.2, -0.15) is 4.98 Å². The number of fused-ring (bicyclic) bond motifs is 1. The number of thiophene rings is 1. The van der Waals surface area contributed by atoms with Gasteiger partial charge in [0, 0.05) is 19.8 Å². The largest absolute Gasteiger partial charge is 0.385 e. The molecule has 1 atom stereocenters. The highest BCUT2D eigenvalue weighted by atomic mass is 32.1. The van der Waals surface area contributed by atoms with E-state index >= 15 is 0 Å². The first-order chi connectivity index (χ1) is 8.20. The lowest BCUT2D eigenvalue weighted by atomic mass is 10.2. The predicted molar refractivity (Wildman–Crippen MR) is 71.4 cm³/mol. The highest BCUT2D eigenvalue weighted by Gasteiger charge is 2.09. The van der Waals surface area contributed by atoms with Crippen LogP contribution >= 0.6 is 11.3 Å². The summed E-state index contributed by atoms with van der Waals surface area (Å²) in [5, 5.41) is 6.35. The highest BCUT2D eigenvalue weighted by molar-refractivity contribution is 7.16. The van der Waals surface area contributed by atoms with Gasteiger partial charge in [-0.25, -0.2) is 4.98 Å². The second kappa shape index (κ2) is 5.29. The van der Waals surface area contributed by atoms with E-state index in [9.17, 15) is 0 Å². The van der Waals surface area contributed by atoms with Crippen molar-refractivity contribution in [1.29, 1.82) is 0 Å². The number of nitrogens with zero attached hydrogens (tertiary/aromatic N) is 2. The Balaban J connectivity index is 2.19. The summed E-state index contributed by atoms with van der Waals surface area (Å²) in [4.78, 5) is 9.34. The molecule has 17 heavy (non-hydrogen) atoms. The molecule has 2 rings (SSSR count). The summed E-state index contributed by atoms with van der Waals surface area (Å²) in [6.45, 7) is 2.82. The molecule has 2 aromatic rings. The normalized spacial score (nSPS) is 12.8. The average molecular weight is 252 g/mol. The number of nitrogens with one attached hydrogen (secondary N) is 1. The molecule has 0 fully saturated rings. The fourth-order valence-electron chi connectivity index (χ4n) is 1.58. The summed E-state index contributed by atoms with van der Waals surface area (Å²) in [6, 6.07) is 2.29. The molecule has 5 nitrogen and oxygen atoms in total. The van der Waals surface area contributed by atoms with Gasteiger partial charge in [-0.3, -0.25) is 0 Å². The number of hydrogen-bond donors (Lipinski definition) is 2. The first-order valence-electron chi connectivity index (χ1n) is 5.47. The van der Waals surface area contributed by atoms with Crippen molar-refractivity contribution in [3.05, 3.63) is 11.4 Å². The molecule has 0 amide bonds. The monoisotopic (exact) mass is 252 g/mol. The molecule has 0 saturated carbocycles. The van der Waals surface area contributed by atoms with Gasteiger partial charge in [0.05, 0.1) is 5.39 Å². The van der Waals surface area contributed by atoms with Gasteiger partial charge in [0.2, 0.25) is 5.95 Å². The van der Waals surface area contributed by atoms with Gasteiger partial charge >= 0.3 is 0 Å². The standard InChI is InChI=1S/C11H16N4OS/c1-7(3-5-16-2)13-9-8-4-6-17-10(8)15-11(12)14-9/h4,6-7H,3,5H2,1-2H3,(H3,12,13,14,15). The summed E-state index contributed by atoms with van der Waals surface area (Å²) in [5.74, 6) is 1.11. The van der Waals surface area contributed by atoms with E-state index in [1.165, 1.54) is 0 Å². The van der Waals surface area contributed by atoms with Crippen molar-refractivity contribution in [3.63, 3.8) is 0 Å². The summed E-state index contributed by atoms with van der Waals surface area (Å²) < 4.78 is 5.05. The second-order valence-corrected chi connectivity index (χ2v) is 4.79. The Labute approximate surface area is 104 Å². The molecule has 2 heterocycles. The molecule has 92 valence electrons. The Kier molecular flexibility index (Phi) is 3.75. The molecule has 0 aliphatic heterocycles. The Bertz CT molecular complexity index is 499. The molecular weight excluding hydrogens is 236 g/mol. The molecule has 0 bridgehead atoms. The smallest absolute Gasteiger partial charge is 0.223 e. The Morgan fingerprint density at radius 3 is 3.12 bits per heavy atom. The minimum atomic E-state index is 0.285. The van der Waals surface area contributed by atoms with Crippen molar-refractivity contribution in [2.75, 3.05) is 24.8 Å². The van der Waals surface area contributed by atoms with Gasteiger partial charge in [0.25, 0.3) is 0 Å². The third-order valence-electron chi connectivity index (χ3n) is 2.48. The molecule has 0 aliphatic rings. The van der Waals surface area contributed by atoms with Crippen molar-refractivity contribution in [2.45, 2.75) is 19.4 Å². The first-order valence-corrected chi connectivity index (χ1v) is 6.35. The van der Waals surface area contributed by atoms with Crippen LogP contribution in [0.5, 0.6) is 0 Å².